The monoisotopic (exact) mass is 368 g/mol. The molecule has 3 rings (SSSR count). The Kier molecular flexibility index (Phi) is 5.41. The highest BCUT2D eigenvalue weighted by molar-refractivity contribution is 5.95. The molecule has 0 heterocycles. The van der Waals surface area contributed by atoms with Crippen LogP contribution in [0.4, 0.5) is 8.78 Å². The SMILES string of the molecule is O=C(N/N=C/c1cc(F)c(O)c(F)c1)c1cccc(Oc2ccccc2)c1. The van der Waals surface area contributed by atoms with Crippen LogP contribution in [0.5, 0.6) is 17.2 Å². The molecule has 0 atom stereocenters. The topological polar surface area (TPSA) is 70.9 Å². The van der Waals surface area contributed by atoms with Gasteiger partial charge in [0.1, 0.15) is 11.5 Å². The highest BCUT2D eigenvalue weighted by atomic mass is 19.1. The second-order valence-electron chi connectivity index (χ2n) is 5.48. The number of halogens is 2. The number of hydrazone groups is 1. The van der Waals surface area contributed by atoms with Crippen molar-refractivity contribution in [1.29, 1.82) is 0 Å². The van der Waals surface area contributed by atoms with Gasteiger partial charge in [0, 0.05) is 11.1 Å². The summed E-state index contributed by atoms with van der Waals surface area (Å²) >= 11 is 0. The maximum absolute atomic E-state index is 13.3. The molecule has 0 unspecified atom stereocenters. The second-order valence-corrected chi connectivity index (χ2v) is 5.48. The number of aromatic hydroxyl groups is 1. The van der Waals surface area contributed by atoms with Gasteiger partial charge in [0.2, 0.25) is 0 Å². The second kappa shape index (κ2) is 8.09. The molecule has 0 saturated heterocycles. The third-order valence-corrected chi connectivity index (χ3v) is 3.49. The minimum absolute atomic E-state index is 0.0456. The summed E-state index contributed by atoms with van der Waals surface area (Å²) in [5.41, 5.74) is 2.60. The van der Waals surface area contributed by atoms with Gasteiger partial charge >= 0.3 is 0 Å². The van der Waals surface area contributed by atoms with Gasteiger partial charge in [0.25, 0.3) is 5.91 Å². The molecule has 3 aromatic carbocycles. The molecule has 0 radical (unpaired) electrons. The smallest absolute Gasteiger partial charge is 0.271 e. The summed E-state index contributed by atoms with van der Waals surface area (Å²) in [6.07, 6.45) is 1.06. The molecule has 0 aromatic heterocycles. The molecule has 0 aliphatic carbocycles. The first kappa shape index (κ1) is 18.1. The Hall–Kier alpha value is -3.74. The van der Waals surface area contributed by atoms with E-state index in [0.717, 1.165) is 18.3 Å². The normalized spacial score (nSPS) is 10.7. The van der Waals surface area contributed by atoms with E-state index in [0.29, 0.717) is 17.1 Å². The highest BCUT2D eigenvalue weighted by Gasteiger charge is 2.09. The molecule has 0 aliphatic heterocycles. The van der Waals surface area contributed by atoms with Crippen molar-refractivity contribution in [3.63, 3.8) is 0 Å². The zero-order valence-electron chi connectivity index (χ0n) is 13.9. The van der Waals surface area contributed by atoms with Gasteiger partial charge in [-0.3, -0.25) is 4.79 Å². The number of carbonyl (C=O) groups excluding carboxylic acids is 1. The molecule has 27 heavy (non-hydrogen) atoms. The number of nitrogens with one attached hydrogen (secondary N) is 1. The first-order valence-corrected chi connectivity index (χ1v) is 7.87. The minimum atomic E-state index is -1.12. The van der Waals surface area contributed by atoms with E-state index in [-0.39, 0.29) is 5.56 Å². The fourth-order valence-corrected chi connectivity index (χ4v) is 2.22. The molecule has 0 fully saturated rings. The summed E-state index contributed by atoms with van der Waals surface area (Å²) in [6, 6.07) is 17.3. The van der Waals surface area contributed by atoms with Crippen molar-refractivity contribution in [3.8, 4) is 17.2 Å². The molecule has 7 heteroatoms. The van der Waals surface area contributed by atoms with Crippen LogP contribution in [0.25, 0.3) is 0 Å². The molecule has 2 N–H and O–H groups in total. The van der Waals surface area contributed by atoms with E-state index in [1.165, 1.54) is 6.07 Å². The van der Waals surface area contributed by atoms with Gasteiger partial charge in [-0.1, -0.05) is 24.3 Å². The maximum atomic E-state index is 13.3. The summed E-state index contributed by atoms with van der Waals surface area (Å²) in [7, 11) is 0. The predicted molar refractivity (Wildman–Crippen MR) is 96.0 cm³/mol. The standard InChI is InChI=1S/C20H14F2N2O3/c21-17-9-13(10-18(22)19(17)25)12-23-24-20(26)14-5-4-8-16(11-14)27-15-6-2-1-3-7-15/h1-12,25H,(H,24,26)/b23-12+. The number of carbonyl (C=O) groups is 1. The average molecular weight is 368 g/mol. The Bertz CT molecular complexity index is 969. The summed E-state index contributed by atoms with van der Waals surface area (Å²) < 4.78 is 32.2. The van der Waals surface area contributed by atoms with Crippen LogP contribution in [-0.4, -0.2) is 17.2 Å². The minimum Gasteiger partial charge on any atom is -0.503 e. The molecule has 3 aromatic rings. The Labute approximate surface area is 153 Å². The summed E-state index contributed by atoms with van der Waals surface area (Å²) in [6.45, 7) is 0. The maximum Gasteiger partial charge on any atom is 0.271 e. The van der Waals surface area contributed by atoms with Crippen molar-refractivity contribution < 1.29 is 23.4 Å². The lowest BCUT2D eigenvalue weighted by Crippen LogP contribution is -2.17. The predicted octanol–water partition coefficient (Wildman–Crippen LogP) is 4.23. The van der Waals surface area contributed by atoms with Crippen LogP contribution in [0.3, 0.4) is 0 Å². The fraction of sp³-hybridized carbons (Fsp3) is 0. The molecule has 0 aliphatic rings. The van der Waals surface area contributed by atoms with Crippen LogP contribution < -0.4 is 10.2 Å². The third-order valence-electron chi connectivity index (χ3n) is 3.49. The van der Waals surface area contributed by atoms with Gasteiger partial charge in [0.05, 0.1) is 6.21 Å². The summed E-state index contributed by atoms with van der Waals surface area (Å²) in [5.74, 6) is -2.72. The third kappa shape index (κ3) is 4.66. The van der Waals surface area contributed by atoms with Crippen LogP contribution in [-0.2, 0) is 0 Å². The molecule has 5 nitrogen and oxygen atoms in total. The number of nitrogens with zero attached hydrogens (tertiary/aromatic N) is 1. The lowest BCUT2D eigenvalue weighted by Gasteiger charge is -2.07. The lowest BCUT2D eigenvalue weighted by atomic mass is 10.2. The Morgan fingerprint density at radius 3 is 2.33 bits per heavy atom. The number of hydrogen-bond acceptors (Lipinski definition) is 4. The number of rotatable bonds is 5. The largest absolute Gasteiger partial charge is 0.503 e. The van der Waals surface area contributed by atoms with Gasteiger partial charge < -0.3 is 9.84 Å². The van der Waals surface area contributed by atoms with Crippen LogP contribution in [0.2, 0.25) is 0 Å². The van der Waals surface area contributed by atoms with Gasteiger partial charge in [0.15, 0.2) is 17.4 Å². The van der Waals surface area contributed by atoms with E-state index in [4.69, 9.17) is 9.84 Å². The van der Waals surface area contributed by atoms with Crippen LogP contribution in [0, 0.1) is 11.6 Å². The first-order valence-electron chi connectivity index (χ1n) is 7.87. The zero-order valence-corrected chi connectivity index (χ0v) is 13.9. The fourth-order valence-electron chi connectivity index (χ4n) is 2.22. The Balaban J connectivity index is 1.67. The number of phenolic OH excluding ortho intramolecular Hbond substituents is 1. The van der Waals surface area contributed by atoms with E-state index in [1.807, 2.05) is 18.2 Å². The number of benzene rings is 3. The first-order chi connectivity index (χ1) is 13.0. The van der Waals surface area contributed by atoms with Crippen molar-refractivity contribution in [2.75, 3.05) is 0 Å². The molecular weight excluding hydrogens is 354 g/mol. The van der Waals surface area contributed by atoms with Gasteiger partial charge in [-0.05, 0) is 42.5 Å². The molecule has 0 spiro atoms. The quantitative estimate of drug-likeness (QED) is 0.523. The van der Waals surface area contributed by atoms with Crippen molar-refractivity contribution in [2.24, 2.45) is 5.10 Å². The number of amides is 1. The van der Waals surface area contributed by atoms with E-state index in [2.05, 4.69) is 10.5 Å². The van der Waals surface area contributed by atoms with Gasteiger partial charge in [-0.25, -0.2) is 14.2 Å². The summed E-state index contributed by atoms with van der Waals surface area (Å²) in [4.78, 5) is 12.2. The van der Waals surface area contributed by atoms with Gasteiger partial charge in [-0.2, -0.15) is 5.10 Å². The van der Waals surface area contributed by atoms with Crippen LogP contribution >= 0.6 is 0 Å². The van der Waals surface area contributed by atoms with Crippen molar-refractivity contribution in [3.05, 3.63) is 89.5 Å². The molecule has 1 amide bonds. The van der Waals surface area contributed by atoms with E-state index in [1.54, 1.807) is 30.3 Å². The Morgan fingerprint density at radius 2 is 1.63 bits per heavy atom. The number of phenols is 1. The highest BCUT2D eigenvalue weighted by Crippen LogP contribution is 2.22. The molecule has 0 saturated carbocycles. The van der Waals surface area contributed by atoms with Crippen LogP contribution in [0.1, 0.15) is 15.9 Å². The van der Waals surface area contributed by atoms with E-state index < -0.39 is 23.3 Å². The molecule has 136 valence electrons. The number of ether oxygens (including phenoxy) is 1. The average Bonchev–Trinajstić information content (AvgIpc) is 2.67. The summed E-state index contributed by atoms with van der Waals surface area (Å²) in [5, 5.41) is 12.7. The van der Waals surface area contributed by atoms with Crippen LogP contribution in [0.15, 0.2) is 71.8 Å². The van der Waals surface area contributed by atoms with E-state index >= 15 is 0 Å². The number of para-hydroxylation sites is 1. The molecular formula is C20H14F2N2O3. The van der Waals surface area contributed by atoms with Gasteiger partial charge in [-0.15, -0.1) is 0 Å². The van der Waals surface area contributed by atoms with Crippen molar-refractivity contribution in [2.45, 2.75) is 0 Å². The number of hydrogen-bond donors (Lipinski definition) is 2. The van der Waals surface area contributed by atoms with Crippen molar-refractivity contribution >= 4 is 12.1 Å². The van der Waals surface area contributed by atoms with Crippen molar-refractivity contribution in [1.82, 2.24) is 5.43 Å². The Morgan fingerprint density at radius 1 is 0.963 bits per heavy atom. The lowest BCUT2D eigenvalue weighted by molar-refractivity contribution is 0.0955. The van der Waals surface area contributed by atoms with E-state index in [9.17, 15) is 13.6 Å². The molecule has 0 bridgehead atoms. The zero-order chi connectivity index (χ0) is 19.2.